The highest BCUT2D eigenvalue weighted by atomic mass is 32.1. The van der Waals surface area contributed by atoms with Crippen LogP contribution in [0.3, 0.4) is 0 Å². The minimum Gasteiger partial charge on any atom is -0.476 e. The van der Waals surface area contributed by atoms with E-state index < -0.39 is 5.97 Å². The Balaban J connectivity index is 2.29. The molecule has 0 amide bonds. The van der Waals surface area contributed by atoms with E-state index >= 15 is 0 Å². The summed E-state index contributed by atoms with van der Waals surface area (Å²) in [7, 11) is 0. The Bertz CT molecular complexity index is 562. The number of carboxylic acids is 1. The smallest absolute Gasteiger partial charge is 0.358 e. The summed E-state index contributed by atoms with van der Waals surface area (Å²) in [6, 6.07) is 0. The van der Waals surface area contributed by atoms with Crippen molar-refractivity contribution in [1.29, 1.82) is 0 Å². The molecule has 0 saturated carbocycles. The first kappa shape index (κ1) is 12.7. The Morgan fingerprint density at radius 3 is 2.94 bits per heavy atom. The number of carbonyl (C=O) groups is 1. The molecular formula is C10H13N5O2S. The predicted molar refractivity (Wildman–Crippen MR) is 65.7 cm³/mol. The van der Waals surface area contributed by atoms with E-state index in [1.165, 1.54) is 11.3 Å². The quantitative estimate of drug-likeness (QED) is 0.806. The van der Waals surface area contributed by atoms with Gasteiger partial charge in [0.15, 0.2) is 5.69 Å². The zero-order chi connectivity index (χ0) is 13.1. The number of aromatic nitrogens is 4. The van der Waals surface area contributed by atoms with Gasteiger partial charge < -0.3 is 10.8 Å². The van der Waals surface area contributed by atoms with Crippen LogP contribution in [0.4, 0.5) is 0 Å². The van der Waals surface area contributed by atoms with Crippen molar-refractivity contribution < 1.29 is 9.90 Å². The fourth-order valence-electron chi connectivity index (χ4n) is 1.61. The lowest BCUT2D eigenvalue weighted by Crippen LogP contribution is -2.14. The number of thiazole rings is 1. The maximum absolute atomic E-state index is 11.0. The molecule has 8 heteroatoms. The lowest BCUT2D eigenvalue weighted by Gasteiger charge is -2.03. The van der Waals surface area contributed by atoms with Gasteiger partial charge in [0.25, 0.3) is 0 Å². The second-order valence-electron chi connectivity index (χ2n) is 3.77. The topological polar surface area (TPSA) is 107 Å². The van der Waals surface area contributed by atoms with E-state index in [2.05, 4.69) is 15.3 Å². The number of carboxylic acid groups (broad SMARTS) is 1. The van der Waals surface area contributed by atoms with E-state index in [0.717, 1.165) is 10.7 Å². The zero-order valence-electron chi connectivity index (χ0n) is 9.83. The first-order valence-electron chi connectivity index (χ1n) is 5.38. The number of aromatic carboxylic acids is 1. The molecular weight excluding hydrogens is 254 g/mol. The lowest BCUT2D eigenvalue weighted by molar-refractivity contribution is 0.0689. The van der Waals surface area contributed by atoms with E-state index in [-0.39, 0.29) is 5.69 Å². The molecule has 0 saturated heterocycles. The highest BCUT2D eigenvalue weighted by Crippen LogP contribution is 2.13. The van der Waals surface area contributed by atoms with Gasteiger partial charge in [-0.25, -0.2) is 14.5 Å². The minimum absolute atomic E-state index is 0.0336. The molecule has 3 N–H and O–H groups in total. The van der Waals surface area contributed by atoms with Crippen molar-refractivity contribution in [2.45, 2.75) is 19.9 Å². The maximum Gasteiger partial charge on any atom is 0.358 e. The van der Waals surface area contributed by atoms with Crippen LogP contribution in [0.15, 0.2) is 5.38 Å². The van der Waals surface area contributed by atoms with Crippen LogP contribution in [-0.2, 0) is 13.0 Å². The molecule has 2 rings (SSSR count). The third kappa shape index (κ3) is 2.54. The first-order chi connectivity index (χ1) is 8.61. The molecule has 18 heavy (non-hydrogen) atoms. The molecule has 0 aliphatic carbocycles. The second kappa shape index (κ2) is 5.23. The van der Waals surface area contributed by atoms with Crippen LogP contribution in [0.2, 0.25) is 0 Å². The summed E-state index contributed by atoms with van der Waals surface area (Å²) in [6.45, 7) is 2.68. The van der Waals surface area contributed by atoms with Gasteiger partial charge in [0.05, 0.1) is 12.2 Å². The predicted octanol–water partition coefficient (Wildman–Crippen LogP) is 0.291. The maximum atomic E-state index is 11.0. The molecule has 0 unspecified atom stereocenters. The third-order valence-electron chi connectivity index (χ3n) is 2.37. The van der Waals surface area contributed by atoms with Gasteiger partial charge in [0.1, 0.15) is 5.01 Å². The average molecular weight is 267 g/mol. The zero-order valence-corrected chi connectivity index (χ0v) is 10.6. The van der Waals surface area contributed by atoms with Crippen LogP contribution in [0.25, 0.3) is 0 Å². The van der Waals surface area contributed by atoms with Crippen LogP contribution in [-0.4, -0.2) is 37.6 Å². The standard InChI is InChI=1S/C10H13N5O2S/c1-6-5-18-8(12-6)4-15-7(2-3-11)9(10(16)17)13-14-15/h5H,2-4,11H2,1H3,(H,16,17). The number of hydrogen-bond donors (Lipinski definition) is 2. The Labute approximate surface area is 107 Å². The van der Waals surface area contributed by atoms with Gasteiger partial charge in [-0.3, -0.25) is 0 Å². The van der Waals surface area contributed by atoms with Crippen LogP contribution < -0.4 is 5.73 Å². The summed E-state index contributed by atoms with van der Waals surface area (Å²) in [5.74, 6) is -1.08. The fraction of sp³-hybridized carbons (Fsp3) is 0.400. The van der Waals surface area contributed by atoms with Gasteiger partial charge in [0, 0.05) is 17.5 Å². The lowest BCUT2D eigenvalue weighted by atomic mass is 10.2. The van der Waals surface area contributed by atoms with E-state index in [9.17, 15) is 4.79 Å². The molecule has 0 aliphatic heterocycles. The van der Waals surface area contributed by atoms with Crippen LogP contribution in [0.1, 0.15) is 26.9 Å². The van der Waals surface area contributed by atoms with Crippen molar-refractivity contribution in [2.75, 3.05) is 6.54 Å². The highest BCUT2D eigenvalue weighted by Gasteiger charge is 2.18. The SMILES string of the molecule is Cc1csc(Cn2nnc(C(=O)O)c2CCN)n1. The number of aryl methyl sites for hydroxylation is 1. The molecule has 0 radical (unpaired) electrons. The van der Waals surface area contributed by atoms with Gasteiger partial charge in [-0.2, -0.15) is 0 Å². The molecule has 2 aromatic rings. The summed E-state index contributed by atoms with van der Waals surface area (Å²) < 4.78 is 1.55. The van der Waals surface area contributed by atoms with Crippen LogP contribution in [0, 0.1) is 6.92 Å². The molecule has 0 spiro atoms. The van der Waals surface area contributed by atoms with Crippen molar-refractivity contribution >= 4 is 17.3 Å². The van der Waals surface area contributed by atoms with Gasteiger partial charge in [-0.1, -0.05) is 5.21 Å². The Morgan fingerprint density at radius 1 is 1.61 bits per heavy atom. The Morgan fingerprint density at radius 2 is 2.39 bits per heavy atom. The van der Waals surface area contributed by atoms with Gasteiger partial charge in [-0.05, 0) is 13.5 Å². The summed E-state index contributed by atoms with van der Waals surface area (Å²) in [4.78, 5) is 15.3. The van der Waals surface area contributed by atoms with Crippen LogP contribution in [0.5, 0.6) is 0 Å². The normalized spacial score (nSPS) is 10.8. The number of rotatable bonds is 5. The van der Waals surface area contributed by atoms with Crippen molar-refractivity contribution in [3.8, 4) is 0 Å². The van der Waals surface area contributed by atoms with E-state index in [4.69, 9.17) is 10.8 Å². The summed E-state index contributed by atoms with van der Waals surface area (Å²) in [6.07, 6.45) is 0.430. The molecule has 2 heterocycles. The Hall–Kier alpha value is -1.80. The molecule has 96 valence electrons. The van der Waals surface area contributed by atoms with Gasteiger partial charge in [-0.15, -0.1) is 16.4 Å². The van der Waals surface area contributed by atoms with Crippen molar-refractivity contribution in [3.05, 3.63) is 27.5 Å². The third-order valence-corrected chi connectivity index (χ3v) is 3.32. The molecule has 0 atom stereocenters. The Kier molecular flexibility index (Phi) is 3.68. The van der Waals surface area contributed by atoms with Crippen molar-refractivity contribution in [2.24, 2.45) is 5.73 Å². The molecule has 0 bridgehead atoms. The summed E-state index contributed by atoms with van der Waals surface area (Å²) in [5.41, 5.74) is 6.93. The number of nitrogens with zero attached hydrogens (tertiary/aromatic N) is 4. The van der Waals surface area contributed by atoms with E-state index in [1.54, 1.807) is 4.68 Å². The van der Waals surface area contributed by atoms with Crippen molar-refractivity contribution in [1.82, 2.24) is 20.0 Å². The summed E-state index contributed by atoms with van der Waals surface area (Å²) >= 11 is 1.51. The molecule has 0 aliphatic rings. The largest absolute Gasteiger partial charge is 0.476 e. The van der Waals surface area contributed by atoms with Crippen molar-refractivity contribution in [3.63, 3.8) is 0 Å². The molecule has 7 nitrogen and oxygen atoms in total. The van der Waals surface area contributed by atoms with Crippen LogP contribution >= 0.6 is 11.3 Å². The minimum atomic E-state index is -1.08. The second-order valence-corrected chi connectivity index (χ2v) is 4.71. The average Bonchev–Trinajstić information content (AvgIpc) is 2.88. The van der Waals surface area contributed by atoms with Gasteiger partial charge >= 0.3 is 5.97 Å². The fourth-order valence-corrected chi connectivity index (χ4v) is 2.37. The molecule has 0 fully saturated rings. The van der Waals surface area contributed by atoms with E-state index in [0.29, 0.717) is 25.2 Å². The summed E-state index contributed by atoms with van der Waals surface area (Å²) in [5, 5.41) is 19.3. The number of nitrogens with two attached hydrogens (primary N) is 1. The van der Waals surface area contributed by atoms with E-state index in [1.807, 2.05) is 12.3 Å². The molecule has 2 aromatic heterocycles. The monoisotopic (exact) mass is 267 g/mol. The van der Waals surface area contributed by atoms with Gasteiger partial charge in [0.2, 0.25) is 0 Å². The molecule has 0 aromatic carbocycles. The first-order valence-corrected chi connectivity index (χ1v) is 6.26. The highest BCUT2D eigenvalue weighted by molar-refractivity contribution is 7.09. The number of hydrogen-bond acceptors (Lipinski definition) is 6.